The van der Waals surface area contributed by atoms with Crippen LogP contribution in [0.4, 0.5) is 10.1 Å². The molecule has 0 spiro atoms. The normalized spacial score (nSPS) is 11.9. The Morgan fingerprint density at radius 2 is 2.33 bits per heavy atom. The van der Waals surface area contributed by atoms with Crippen molar-refractivity contribution in [1.29, 1.82) is 5.26 Å². The third-order valence-corrected chi connectivity index (χ3v) is 1.98. The number of aliphatic hydroxyl groups is 1. The number of benzene rings is 1. The van der Waals surface area contributed by atoms with Crippen molar-refractivity contribution in [3.05, 3.63) is 29.6 Å². The van der Waals surface area contributed by atoms with Crippen LogP contribution in [0, 0.1) is 17.1 Å². The Bertz CT molecular complexity index is 371. The van der Waals surface area contributed by atoms with Crippen LogP contribution in [0.2, 0.25) is 0 Å². The lowest BCUT2D eigenvalue weighted by atomic mass is 10.2. The molecule has 3 nitrogen and oxygen atoms in total. The van der Waals surface area contributed by atoms with Gasteiger partial charge in [0, 0.05) is 6.54 Å². The molecule has 0 amide bonds. The predicted octanol–water partition coefficient (Wildman–Crippen LogP) is 1.88. The molecule has 0 aliphatic carbocycles. The first-order valence-corrected chi connectivity index (χ1v) is 4.75. The van der Waals surface area contributed by atoms with Crippen molar-refractivity contribution in [3.63, 3.8) is 0 Å². The van der Waals surface area contributed by atoms with E-state index in [2.05, 4.69) is 5.32 Å². The molecule has 1 unspecified atom stereocenters. The third kappa shape index (κ3) is 3.56. The van der Waals surface area contributed by atoms with E-state index in [4.69, 9.17) is 10.4 Å². The number of nitrogens with zero attached hydrogens (tertiary/aromatic N) is 1. The zero-order valence-electron chi connectivity index (χ0n) is 8.50. The van der Waals surface area contributed by atoms with Gasteiger partial charge >= 0.3 is 0 Å². The minimum Gasteiger partial charge on any atom is -0.393 e. The molecular formula is C11H13FN2O. The fourth-order valence-corrected chi connectivity index (χ4v) is 1.14. The van der Waals surface area contributed by atoms with E-state index < -0.39 is 11.9 Å². The van der Waals surface area contributed by atoms with Crippen LogP contribution in [0.15, 0.2) is 18.2 Å². The molecule has 0 radical (unpaired) electrons. The molecule has 1 aromatic rings. The number of hydrogen-bond donors (Lipinski definition) is 2. The lowest BCUT2D eigenvalue weighted by molar-refractivity contribution is 0.188. The van der Waals surface area contributed by atoms with Crippen LogP contribution in [0.3, 0.4) is 0 Å². The zero-order valence-corrected chi connectivity index (χ0v) is 8.50. The van der Waals surface area contributed by atoms with Crippen LogP contribution in [-0.4, -0.2) is 17.8 Å². The van der Waals surface area contributed by atoms with Gasteiger partial charge in [0.05, 0.1) is 23.4 Å². The molecule has 2 N–H and O–H groups in total. The van der Waals surface area contributed by atoms with Crippen molar-refractivity contribution in [1.82, 2.24) is 0 Å². The van der Waals surface area contributed by atoms with Crippen molar-refractivity contribution < 1.29 is 9.50 Å². The van der Waals surface area contributed by atoms with Gasteiger partial charge in [-0.1, -0.05) is 0 Å². The van der Waals surface area contributed by atoms with Gasteiger partial charge in [-0.05, 0) is 31.5 Å². The molecule has 0 bridgehead atoms. The summed E-state index contributed by atoms with van der Waals surface area (Å²) in [5, 5.41) is 20.4. The van der Waals surface area contributed by atoms with Crippen LogP contribution in [0.5, 0.6) is 0 Å². The summed E-state index contributed by atoms with van der Waals surface area (Å²) in [6.07, 6.45) is 0.151. The van der Waals surface area contributed by atoms with E-state index >= 15 is 0 Å². The Labute approximate surface area is 88.2 Å². The fourth-order valence-electron chi connectivity index (χ4n) is 1.14. The topological polar surface area (TPSA) is 56.0 Å². The molecule has 0 aromatic heterocycles. The standard InChI is InChI=1S/C11H13FN2O/c1-8(15)4-5-14-11-3-2-9(7-13)6-10(11)12/h2-3,6,8,14-15H,4-5H2,1H3. The van der Waals surface area contributed by atoms with E-state index in [9.17, 15) is 4.39 Å². The molecule has 0 saturated carbocycles. The molecule has 15 heavy (non-hydrogen) atoms. The summed E-state index contributed by atoms with van der Waals surface area (Å²) in [6, 6.07) is 6.12. The van der Waals surface area contributed by atoms with Gasteiger partial charge in [-0.3, -0.25) is 0 Å². The Morgan fingerprint density at radius 3 is 2.87 bits per heavy atom. The Morgan fingerprint density at radius 1 is 1.60 bits per heavy atom. The van der Waals surface area contributed by atoms with Gasteiger partial charge in [0.25, 0.3) is 0 Å². The average molecular weight is 208 g/mol. The van der Waals surface area contributed by atoms with Crippen LogP contribution in [-0.2, 0) is 0 Å². The van der Waals surface area contributed by atoms with Gasteiger partial charge < -0.3 is 10.4 Å². The van der Waals surface area contributed by atoms with Gasteiger partial charge in [-0.2, -0.15) is 5.26 Å². The van der Waals surface area contributed by atoms with Crippen molar-refractivity contribution in [2.75, 3.05) is 11.9 Å². The average Bonchev–Trinajstić information content (AvgIpc) is 2.20. The number of nitrogens with one attached hydrogen (secondary N) is 1. The second kappa shape index (κ2) is 5.32. The largest absolute Gasteiger partial charge is 0.393 e. The van der Waals surface area contributed by atoms with E-state index in [1.165, 1.54) is 12.1 Å². The lowest BCUT2D eigenvalue weighted by Gasteiger charge is -2.08. The van der Waals surface area contributed by atoms with Crippen molar-refractivity contribution >= 4 is 5.69 Å². The van der Waals surface area contributed by atoms with Gasteiger partial charge in [-0.15, -0.1) is 0 Å². The SMILES string of the molecule is CC(O)CCNc1ccc(C#N)cc1F. The highest BCUT2D eigenvalue weighted by atomic mass is 19.1. The van der Waals surface area contributed by atoms with E-state index in [0.29, 0.717) is 24.2 Å². The highest BCUT2D eigenvalue weighted by molar-refractivity contribution is 5.48. The van der Waals surface area contributed by atoms with E-state index in [0.717, 1.165) is 0 Å². The highest BCUT2D eigenvalue weighted by Crippen LogP contribution is 2.15. The minimum atomic E-state index is -0.445. The molecule has 4 heteroatoms. The van der Waals surface area contributed by atoms with Crippen molar-refractivity contribution in [2.45, 2.75) is 19.4 Å². The molecule has 80 valence electrons. The quantitative estimate of drug-likeness (QED) is 0.794. The van der Waals surface area contributed by atoms with Crippen LogP contribution >= 0.6 is 0 Å². The predicted molar refractivity (Wildman–Crippen MR) is 55.9 cm³/mol. The molecule has 0 heterocycles. The molecule has 1 rings (SSSR count). The maximum absolute atomic E-state index is 13.3. The fraction of sp³-hybridized carbons (Fsp3) is 0.364. The monoisotopic (exact) mass is 208 g/mol. The lowest BCUT2D eigenvalue weighted by Crippen LogP contribution is -2.10. The minimum absolute atomic E-state index is 0.300. The highest BCUT2D eigenvalue weighted by Gasteiger charge is 2.03. The molecule has 1 aromatic carbocycles. The maximum Gasteiger partial charge on any atom is 0.147 e. The molecule has 0 aliphatic heterocycles. The van der Waals surface area contributed by atoms with Crippen LogP contribution in [0.1, 0.15) is 18.9 Å². The number of halogens is 1. The second-order valence-electron chi connectivity index (χ2n) is 3.37. The summed E-state index contributed by atoms with van der Waals surface area (Å²) >= 11 is 0. The first-order valence-electron chi connectivity index (χ1n) is 4.75. The van der Waals surface area contributed by atoms with Gasteiger partial charge in [0.15, 0.2) is 0 Å². The van der Waals surface area contributed by atoms with Crippen molar-refractivity contribution in [2.24, 2.45) is 0 Å². The van der Waals surface area contributed by atoms with Crippen molar-refractivity contribution in [3.8, 4) is 6.07 Å². The Kier molecular flexibility index (Phi) is 4.07. The molecule has 0 fully saturated rings. The first kappa shape index (κ1) is 11.5. The number of rotatable bonds is 4. The number of anilines is 1. The first-order chi connectivity index (χ1) is 7.13. The molecule has 0 aliphatic rings. The Balaban J connectivity index is 2.59. The van der Waals surface area contributed by atoms with Crippen LogP contribution < -0.4 is 5.32 Å². The van der Waals surface area contributed by atoms with Gasteiger partial charge in [-0.25, -0.2) is 4.39 Å². The maximum atomic E-state index is 13.3. The second-order valence-corrected chi connectivity index (χ2v) is 3.37. The summed E-state index contributed by atoms with van der Waals surface area (Å²) < 4.78 is 13.3. The van der Waals surface area contributed by atoms with E-state index in [1.807, 2.05) is 6.07 Å². The van der Waals surface area contributed by atoms with Gasteiger partial charge in [0.1, 0.15) is 5.82 Å². The van der Waals surface area contributed by atoms with E-state index in [1.54, 1.807) is 13.0 Å². The Hall–Kier alpha value is -1.60. The summed E-state index contributed by atoms with van der Waals surface area (Å²) in [5.74, 6) is -0.445. The van der Waals surface area contributed by atoms with Crippen LogP contribution in [0.25, 0.3) is 0 Å². The van der Waals surface area contributed by atoms with Gasteiger partial charge in [0.2, 0.25) is 0 Å². The third-order valence-electron chi connectivity index (χ3n) is 1.98. The number of aliphatic hydroxyl groups excluding tert-OH is 1. The van der Waals surface area contributed by atoms with E-state index in [-0.39, 0.29) is 0 Å². The smallest absolute Gasteiger partial charge is 0.147 e. The molecular weight excluding hydrogens is 195 g/mol. The molecule has 1 atom stereocenters. The summed E-state index contributed by atoms with van der Waals surface area (Å²) in [4.78, 5) is 0. The number of hydrogen-bond acceptors (Lipinski definition) is 3. The number of nitriles is 1. The summed E-state index contributed by atoms with van der Waals surface area (Å²) in [5.41, 5.74) is 0.656. The summed E-state index contributed by atoms with van der Waals surface area (Å²) in [7, 11) is 0. The molecule has 0 saturated heterocycles. The zero-order chi connectivity index (χ0) is 11.3. The summed E-state index contributed by atoms with van der Waals surface area (Å²) in [6.45, 7) is 2.18.